The predicted molar refractivity (Wildman–Crippen MR) is 116 cm³/mol. The van der Waals surface area contributed by atoms with Gasteiger partial charge in [-0.25, -0.2) is 0 Å². The molecule has 176 valence electrons. The monoisotopic (exact) mass is 478 g/mol. The molecule has 0 saturated heterocycles. The molecule has 0 saturated carbocycles. The number of hydrogen-bond donors (Lipinski definition) is 2. The maximum absolute atomic E-state index is 13.3. The molecule has 0 heterocycles. The van der Waals surface area contributed by atoms with Crippen LogP contribution in [0.2, 0.25) is 0 Å². The highest BCUT2D eigenvalue weighted by Crippen LogP contribution is 2.41. The summed E-state index contributed by atoms with van der Waals surface area (Å²) in [5.41, 5.74) is 8.74. The Morgan fingerprint density at radius 3 is 1.29 bits per heavy atom. The minimum Gasteiger partial charge on any atom is -0.457 e. The van der Waals surface area contributed by atoms with Crippen molar-refractivity contribution >= 4 is 22.1 Å². The Morgan fingerprint density at radius 1 is 0.500 bits per heavy atom. The molecule has 0 fully saturated rings. The Labute approximate surface area is 189 Å². The van der Waals surface area contributed by atoms with Crippen LogP contribution in [0.4, 0.5) is 37.7 Å². The summed E-state index contributed by atoms with van der Waals surface area (Å²) in [6.07, 6.45) is -9.37. The van der Waals surface area contributed by atoms with Crippen LogP contribution in [0.5, 0.6) is 23.0 Å². The van der Waals surface area contributed by atoms with E-state index in [1.54, 1.807) is 12.1 Å². The van der Waals surface area contributed by atoms with Gasteiger partial charge in [0.25, 0.3) is 0 Å². The lowest BCUT2D eigenvalue weighted by molar-refractivity contribution is -0.139. The van der Waals surface area contributed by atoms with Crippen molar-refractivity contribution in [2.24, 2.45) is 0 Å². The lowest BCUT2D eigenvalue weighted by Crippen LogP contribution is -2.08. The molecule has 34 heavy (non-hydrogen) atoms. The molecule has 0 amide bonds. The van der Waals surface area contributed by atoms with Crippen LogP contribution in [0, 0.1) is 0 Å². The summed E-state index contributed by atoms with van der Waals surface area (Å²) in [6, 6.07) is 15.4. The van der Waals surface area contributed by atoms with E-state index in [1.807, 2.05) is 0 Å². The normalized spacial score (nSPS) is 12.1. The van der Waals surface area contributed by atoms with Gasteiger partial charge in [0.15, 0.2) is 0 Å². The van der Waals surface area contributed by atoms with Gasteiger partial charge in [-0.1, -0.05) is 12.1 Å². The SMILES string of the molecule is Nc1ccc(Oc2ccc3ccc(Oc4ccc(N)cc4C(F)(F)F)cc3c2)c(C(F)(F)F)c1. The van der Waals surface area contributed by atoms with Crippen LogP contribution in [0.1, 0.15) is 11.1 Å². The zero-order chi connectivity index (χ0) is 24.7. The Hall–Kier alpha value is -4.08. The van der Waals surface area contributed by atoms with Crippen molar-refractivity contribution in [3.63, 3.8) is 0 Å². The number of anilines is 2. The molecule has 0 unspecified atom stereocenters. The second kappa shape index (κ2) is 8.36. The lowest BCUT2D eigenvalue weighted by atomic mass is 10.1. The third-order valence-electron chi connectivity index (χ3n) is 4.86. The molecule has 4 rings (SSSR count). The summed E-state index contributed by atoms with van der Waals surface area (Å²) in [7, 11) is 0. The number of alkyl halides is 6. The highest BCUT2D eigenvalue weighted by atomic mass is 19.4. The third-order valence-corrected chi connectivity index (χ3v) is 4.86. The van der Waals surface area contributed by atoms with E-state index in [-0.39, 0.29) is 22.9 Å². The number of rotatable bonds is 4. The molecule has 0 spiro atoms. The van der Waals surface area contributed by atoms with Gasteiger partial charge in [-0.15, -0.1) is 0 Å². The Bertz CT molecular complexity index is 1270. The maximum atomic E-state index is 13.3. The van der Waals surface area contributed by atoms with Crippen molar-refractivity contribution in [1.82, 2.24) is 0 Å². The van der Waals surface area contributed by atoms with Gasteiger partial charge in [0.1, 0.15) is 34.1 Å². The second-order valence-electron chi connectivity index (χ2n) is 7.38. The van der Waals surface area contributed by atoms with E-state index in [0.29, 0.717) is 10.8 Å². The Morgan fingerprint density at radius 2 is 0.912 bits per heavy atom. The van der Waals surface area contributed by atoms with Crippen molar-refractivity contribution in [3.8, 4) is 23.0 Å². The quantitative estimate of drug-likeness (QED) is 0.234. The van der Waals surface area contributed by atoms with E-state index in [4.69, 9.17) is 20.9 Å². The fourth-order valence-electron chi connectivity index (χ4n) is 3.30. The predicted octanol–water partition coefficient (Wildman–Crippen LogP) is 7.63. The molecule has 0 radical (unpaired) electrons. The summed E-state index contributed by atoms with van der Waals surface area (Å²) in [4.78, 5) is 0. The summed E-state index contributed by atoms with van der Waals surface area (Å²) >= 11 is 0. The molecular weight excluding hydrogens is 462 g/mol. The number of nitrogens with two attached hydrogens (primary N) is 2. The maximum Gasteiger partial charge on any atom is 0.420 e. The first-order valence-corrected chi connectivity index (χ1v) is 9.73. The fraction of sp³-hybridized carbons (Fsp3) is 0.0833. The zero-order valence-corrected chi connectivity index (χ0v) is 17.2. The number of ether oxygens (including phenoxy) is 2. The lowest BCUT2D eigenvalue weighted by Gasteiger charge is -2.16. The van der Waals surface area contributed by atoms with Gasteiger partial charge in [0.05, 0.1) is 0 Å². The summed E-state index contributed by atoms with van der Waals surface area (Å²) in [6.45, 7) is 0. The minimum absolute atomic E-state index is 0.0686. The molecule has 0 aromatic heterocycles. The highest BCUT2D eigenvalue weighted by molar-refractivity contribution is 5.85. The van der Waals surface area contributed by atoms with Crippen molar-refractivity contribution in [2.75, 3.05) is 11.5 Å². The van der Waals surface area contributed by atoms with Gasteiger partial charge in [-0.2, -0.15) is 26.3 Å². The van der Waals surface area contributed by atoms with Gasteiger partial charge in [-0.05, 0) is 71.4 Å². The number of hydrogen-bond acceptors (Lipinski definition) is 4. The average molecular weight is 478 g/mol. The Balaban J connectivity index is 1.67. The number of halogens is 6. The van der Waals surface area contributed by atoms with E-state index in [9.17, 15) is 26.3 Å². The van der Waals surface area contributed by atoms with E-state index in [0.717, 1.165) is 24.3 Å². The first kappa shape index (κ1) is 23.1. The van der Waals surface area contributed by atoms with Crippen molar-refractivity contribution in [2.45, 2.75) is 12.4 Å². The van der Waals surface area contributed by atoms with Crippen LogP contribution < -0.4 is 20.9 Å². The molecule has 4 aromatic rings. The van der Waals surface area contributed by atoms with Crippen LogP contribution in [-0.2, 0) is 12.4 Å². The first-order chi connectivity index (χ1) is 15.9. The van der Waals surface area contributed by atoms with Gasteiger partial charge < -0.3 is 20.9 Å². The average Bonchev–Trinajstić information content (AvgIpc) is 2.74. The van der Waals surface area contributed by atoms with Gasteiger partial charge >= 0.3 is 12.4 Å². The molecule has 0 aliphatic rings. The highest BCUT2D eigenvalue weighted by Gasteiger charge is 2.35. The van der Waals surface area contributed by atoms with E-state index < -0.39 is 35.0 Å². The second-order valence-corrected chi connectivity index (χ2v) is 7.38. The molecule has 0 bridgehead atoms. The molecule has 0 atom stereocenters. The summed E-state index contributed by atoms with van der Waals surface area (Å²) in [5.74, 6) is -0.706. The van der Waals surface area contributed by atoms with Crippen LogP contribution in [-0.4, -0.2) is 0 Å². The summed E-state index contributed by atoms with van der Waals surface area (Å²) < 4.78 is 91.0. The molecular formula is C24H16F6N2O2. The minimum atomic E-state index is -4.68. The number of fused-ring (bicyclic) bond motifs is 1. The fourth-order valence-corrected chi connectivity index (χ4v) is 3.30. The van der Waals surface area contributed by atoms with Gasteiger partial charge in [0.2, 0.25) is 0 Å². The van der Waals surface area contributed by atoms with E-state index >= 15 is 0 Å². The molecule has 4 nitrogen and oxygen atoms in total. The van der Waals surface area contributed by atoms with Crippen LogP contribution >= 0.6 is 0 Å². The first-order valence-electron chi connectivity index (χ1n) is 9.73. The number of benzene rings is 4. The topological polar surface area (TPSA) is 70.5 Å². The molecule has 4 aromatic carbocycles. The molecule has 0 aliphatic carbocycles. The standard InChI is InChI=1S/C24H16F6N2O2/c25-23(26,27)19-11-15(31)3-7-21(19)33-17-5-1-13-2-6-18(10-14(13)9-17)34-22-8-4-16(32)12-20(22)24(28,29)30/h1-12H,31-32H2. The Kier molecular flexibility index (Phi) is 5.68. The van der Waals surface area contributed by atoms with Crippen molar-refractivity contribution in [1.29, 1.82) is 0 Å². The summed E-state index contributed by atoms with van der Waals surface area (Å²) in [5, 5.41) is 1.14. The van der Waals surface area contributed by atoms with Crippen LogP contribution in [0.3, 0.4) is 0 Å². The van der Waals surface area contributed by atoms with Crippen LogP contribution in [0.25, 0.3) is 10.8 Å². The van der Waals surface area contributed by atoms with Gasteiger partial charge in [-0.3, -0.25) is 0 Å². The number of nitrogen functional groups attached to an aromatic ring is 2. The van der Waals surface area contributed by atoms with Crippen molar-refractivity contribution in [3.05, 3.63) is 83.9 Å². The van der Waals surface area contributed by atoms with E-state index in [2.05, 4.69) is 0 Å². The third kappa shape index (κ3) is 4.95. The zero-order valence-electron chi connectivity index (χ0n) is 17.2. The van der Waals surface area contributed by atoms with Crippen molar-refractivity contribution < 1.29 is 35.8 Å². The molecule has 0 aliphatic heterocycles. The smallest absolute Gasteiger partial charge is 0.420 e. The van der Waals surface area contributed by atoms with Gasteiger partial charge in [0, 0.05) is 11.4 Å². The van der Waals surface area contributed by atoms with Crippen LogP contribution in [0.15, 0.2) is 72.8 Å². The molecule has 4 N–H and O–H groups in total. The largest absolute Gasteiger partial charge is 0.457 e. The molecule has 10 heteroatoms. The van der Waals surface area contributed by atoms with E-state index in [1.165, 1.54) is 36.4 Å².